The molecule has 0 amide bonds. The third kappa shape index (κ3) is 5.87. The van der Waals surface area contributed by atoms with Crippen LogP contribution in [0.25, 0.3) is 0 Å². The summed E-state index contributed by atoms with van der Waals surface area (Å²) in [5, 5.41) is 6.81. The van der Waals surface area contributed by atoms with Gasteiger partial charge in [-0.3, -0.25) is 0 Å². The van der Waals surface area contributed by atoms with E-state index in [1.54, 1.807) is 6.33 Å². The van der Waals surface area contributed by atoms with Crippen molar-refractivity contribution in [3.63, 3.8) is 0 Å². The fourth-order valence-corrected chi connectivity index (χ4v) is 2.62. The second kappa shape index (κ2) is 8.82. The molecule has 0 bridgehead atoms. The lowest BCUT2D eigenvalue weighted by Gasteiger charge is -2.25. The van der Waals surface area contributed by atoms with Gasteiger partial charge in [0, 0.05) is 25.2 Å². The molecule has 21 heavy (non-hydrogen) atoms. The molecule has 120 valence electrons. The number of rotatable bonds is 9. The van der Waals surface area contributed by atoms with Crippen LogP contribution in [0, 0.1) is 5.92 Å². The van der Waals surface area contributed by atoms with Gasteiger partial charge in [0.2, 0.25) is 0 Å². The van der Waals surface area contributed by atoms with Crippen LogP contribution >= 0.6 is 0 Å². The summed E-state index contributed by atoms with van der Waals surface area (Å²) in [4.78, 5) is 11.0. The van der Waals surface area contributed by atoms with Crippen molar-refractivity contribution in [2.45, 2.75) is 46.1 Å². The zero-order valence-electron chi connectivity index (χ0n) is 14.4. The summed E-state index contributed by atoms with van der Waals surface area (Å²) < 4.78 is 0. The van der Waals surface area contributed by atoms with Crippen LogP contribution < -0.4 is 10.6 Å². The van der Waals surface area contributed by atoms with Crippen molar-refractivity contribution in [1.82, 2.24) is 14.9 Å². The van der Waals surface area contributed by atoms with Crippen molar-refractivity contribution >= 4 is 11.6 Å². The molecule has 0 aliphatic carbocycles. The molecule has 5 nitrogen and oxygen atoms in total. The molecule has 0 spiro atoms. The molecule has 0 aliphatic rings. The number of aromatic nitrogens is 2. The van der Waals surface area contributed by atoms with Gasteiger partial charge in [-0.25, -0.2) is 9.97 Å². The molecule has 1 aromatic rings. The van der Waals surface area contributed by atoms with Gasteiger partial charge in [0.1, 0.15) is 18.0 Å². The first kappa shape index (κ1) is 17.7. The van der Waals surface area contributed by atoms with Crippen LogP contribution in [0.4, 0.5) is 11.6 Å². The van der Waals surface area contributed by atoms with Crippen molar-refractivity contribution in [1.29, 1.82) is 0 Å². The Balaban J connectivity index is 2.95. The Morgan fingerprint density at radius 1 is 1.19 bits per heavy atom. The SMILES string of the molecule is CCCc1c(NC)ncnc1NC(CC(C)C)CN(C)C. The highest BCUT2D eigenvalue weighted by Crippen LogP contribution is 2.23. The molecular formula is C16H31N5. The summed E-state index contributed by atoms with van der Waals surface area (Å²) in [7, 11) is 6.14. The fraction of sp³-hybridized carbons (Fsp3) is 0.750. The first-order chi connectivity index (χ1) is 9.97. The van der Waals surface area contributed by atoms with Gasteiger partial charge in [-0.15, -0.1) is 0 Å². The molecule has 1 atom stereocenters. The minimum Gasteiger partial charge on any atom is -0.373 e. The van der Waals surface area contributed by atoms with Gasteiger partial charge in [0.05, 0.1) is 0 Å². The molecule has 1 heterocycles. The van der Waals surface area contributed by atoms with Gasteiger partial charge in [-0.2, -0.15) is 0 Å². The highest BCUT2D eigenvalue weighted by Gasteiger charge is 2.16. The summed E-state index contributed by atoms with van der Waals surface area (Å²) in [6.45, 7) is 7.71. The smallest absolute Gasteiger partial charge is 0.134 e. The molecule has 0 saturated heterocycles. The van der Waals surface area contributed by atoms with E-state index in [0.717, 1.165) is 37.4 Å². The number of nitrogens with zero attached hydrogens (tertiary/aromatic N) is 3. The Labute approximate surface area is 129 Å². The molecule has 0 fully saturated rings. The van der Waals surface area contributed by atoms with Gasteiger partial charge in [-0.05, 0) is 32.9 Å². The van der Waals surface area contributed by atoms with E-state index in [-0.39, 0.29) is 0 Å². The third-order valence-corrected chi connectivity index (χ3v) is 3.36. The minimum atomic E-state index is 0.398. The number of nitrogens with one attached hydrogen (secondary N) is 2. The molecule has 2 N–H and O–H groups in total. The predicted octanol–water partition coefficient (Wildman–Crippen LogP) is 2.86. The van der Waals surface area contributed by atoms with Crippen LogP contribution in [-0.2, 0) is 6.42 Å². The van der Waals surface area contributed by atoms with Crippen molar-refractivity contribution in [2.24, 2.45) is 5.92 Å². The van der Waals surface area contributed by atoms with Crippen LogP contribution in [0.15, 0.2) is 6.33 Å². The van der Waals surface area contributed by atoms with E-state index in [4.69, 9.17) is 0 Å². The lowest BCUT2D eigenvalue weighted by molar-refractivity contribution is 0.356. The van der Waals surface area contributed by atoms with Crippen LogP contribution in [-0.4, -0.2) is 48.6 Å². The predicted molar refractivity (Wildman–Crippen MR) is 91.0 cm³/mol. The van der Waals surface area contributed by atoms with Gasteiger partial charge in [-0.1, -0.05) is 27.2 Å². The van der Waals surface area contributed by atoms with Crippen LogP contribution in [0.5, 0.6) is 0 Å². The first-order valence-electron chi connectivity index (χ1n) is 7.90. The molecule has 0 aromatic carbocycles. The van der Waals surface area contributed by atoms with E-state index in [2.05, 4.69) is 60.4 Å². The van der Waals surface area contributed by atoms with Crippen molar-refractivity contribution in [3.05, 3.63) is 11.9 Å². The molecule has 1 unspecified atom stereocenters. The summed E-state index contributed by atoms with van der Waals surface area (Å²) in [6.07, 6.45) is 4.83. The lowest BCUT2D eigenvalue weighted by atomic mass is 10.0. The number of hydrogen-bond donors (Lipinski definition) is 2. The Bertz CT molecular complexity index is 407. The van der Waals surface area contributed by atoms with E-state index >= 15 is 0 Å². The highest BCUT2D eigenvalue weighted by molar-refractivity contribution is 5.57. The summed E-state index contributed by atoms with van der Waals surface area (Å²) in [6, 6.07) is 0.398. The molecular weight excluding hydrogens is 262 g/mol. The number of anilines is 2. The average Bonchev–Trinajstić information content (AvgIpc) is 2.39. The monoisotopic (exact) mass is 293 g/mol. The Hall–Kier alpha value is -1.36. The fourth-order valence-electron chi connectivity index (χ4n) is 2.62. The summed E-state index contributed by atoms with van der Waals surface area (Å²) >= 11 is 0. The van der Waals surface area contributed by atoms with Crippen LogP contribution in [0.1, 0.15) is 39.2 Å². The van der Waals surface area contributed by atoms with E-state index in [1.165, 1.54) is 5.56 Å². The molecule has 0 radical (unpaired) electrons. The molecule has 1 rings (SSSR count). The highest BCUT2D eigenvalue weighted by atomic mass is 15.1. The topological polar surface area (TPSA) is 53.1 Å². The van der Waals surface area contributed by atoms with E-state index in [0.29, 0.717) is 12.0 Å². The van der Waals surface area contributed by atoms with Gasteiger partial charge in [0.15, 0.2) is 0 Å². The zero-order valence-corrected chi connectivity index (χ0v) is 14.4. The first-order valence-corrected chi connectivity index (χ1v) is 7.90. The van der Waals surface area contributed by atoms with Crippen LogP contribution in [0.2, 0.25) is 0 Å². The largest absolute Gasteiger partial charge is 0.373 e. The third-order valence-electron chi connectivity index (χ3n) is 3.36. The molecule has 1 aromatic heterocycles. The molecule has 0 aliphatic heterocycles. The second-order valence-electron chi connectivity index (χ2n) is 6.28. The maximum atomic E-state index is 4.48. The summed E-state index contributed by atoms with van der Waals surface area (Å²) in [5.41, 5.74) is 1.19. The molecule has 0 saturated carbocycles. The van der Waals surface area contributed by atoms with Crippen molar-refractivity contribution in [2.75, 3.05) is 38.3 Å². The van der Waals surface area contributed by atoms with Gasteiger partial charge in [0.25, 0.3) is 0 Å². The molecule has 5 heteroatoms. The standard InChI is InChI=1S/C16H31N5/c1-7-8-14-15(17-4)18-11-19-16(14)20-13(9-12(2)3)10-21(5)6/h11-13H,7-10H2,1-6H3,(H2,17,18,19,20). The van der Waals surface area contributed by atoms with E-state index < -0.39 is 0 Å². The normalized spacial score (nSPS) is 12.8. The maximum Gasteiger partial charge on any atom is 0.134 e. The average molecular weight is 293 g/mol. The van der Waals surface area contributed by atoms with Crippen molar-refractivity contribution in [3.8, 4) is 0 Å². The Morgan fingerprint density at radius 2 is 1.86 bits per heavy atom. The van der Waals surface area contributed by atoms with Gasteiger partial charge >= 0.3 is 0 Å². The Morgan fingerprint density at radius 3 is 2.38 bits per heavy atom. The minimum absolute atomic E-state index is 0.398. The Kier molecular flexibility index (Phi) is 7.43. The van der Waals surface area contributed by atoms with E-state index in [9.17, 15) is 0 Å². The van der Waals surface area contributed by atoms with Crippen LogP contribution in [0.3, 0.4) is 0 Å². The number of likely N-dealkylation sites (N-methyl/N-ethyl adjacent to an activating group) is 1. The van der Waals surface area contributed by atoms with E-state index in [1.807, 2.05) is 7.05 Å². The van der Waals surface area contributed by atoms with Crippen molar-refractivity contribution < 1.29 is 0 Å². The van der Waals surface area contributed by atoms with Gasteiger partial charge < -0.3 is 15.5 Å². The second-order valence-corrected chi connectivity index (χ2v) is 6.28. The lowest BCUT2D eigenvalue weighted by Crippen LogP contribution is -2.34. The maximum absolute atomic E-state index is 4.48. The zero-order chi connectivity index (χ0) is 15.8. The summed E-state index contributed by atoms with van der Waals surface area (Å²) in [5.74, 6) is 2.56. The quantitative estimate of drug-likeness (QED) is 0.733. The number of hydrogen-bond acceptors (Lipinski definition) is 5.